The molecule has 0 aromatic heterocycles. The van der Waals surface area contributed by atoms with Crippen molar-refractivity contribution in [1.29, 1.82) is 0 Å². The number of carboxylic acids is 1. The lowest BCUT2D eigenvalue weighted by Gasteiger charge is -2.15. The van der Waals surface area contributed by atoms with Crippen LogP contribution in [0.25, 0.3) is 0 Å². The topological polar surface area (TPSA) is 46.5 Å². The third-order valence-electron chi connectivity index (χ3n) is 2.94. The van der Waals surface area contributed by atoms with Crippen LogP contribution in [0.5, 0.6) is 5.75 Å². The fourth-order valence-corrected chi connectivity index (χ4v) is 3.97. The zero-order valence-corrected chi connectivity index (χ0v) is 15.6. The average molecular weight is 548 g/mol. The molecule has 0 aliphatic carbocycles. The summed E-state index contributed by atoms with van der Waals surface area (Å²) in [5.74, 6) is -0.706. The van der Waals surface area contributed by atoms with E-state index >= 15 is 0 Å². The van der Waals surface area contributed by atoms with E-state index in [0.717, 1.165) is 6.07 Å². The standard InChI is InChI=1S/C15H9F3I2O3/c16-15(17,18)10-4-2-1-3-8(10)7-23-13-11(19)5-9(14(21)22)6-12(13)20/h1-6H,7H2,(H,21,22). The molecule has 0 fully saturated rings. The smallest absolute Gasteiger partial charge is 0.416 e. The molecule has 0 saturated carbocycles. The molecule has 2 aromatic rings. The Balaban J connectivity index is 2.28. The number of hydrogen-bond acceptors (Lipinski definition) is 2. The van der Waals surface area contributed by atoms with Crippen LogP contribution in [-0.4, -0.2) is 11.1 Å². The number of carboxylic acid groups (broad SMARTS) is 1. The van der Waals surface area contributed by atoms with Crippen molar-refractivity contribution in [1.82, 2.24) is 0 Å². The highest BCUT2D eigenvalue weighted by Gasteiger charge is 2.33. The van der Waals surface area contributed by atoms with E-state index in [1.807, 2.05) is 45.2 Å². The predicted molar refractivity (Wildman–Crippen MR) is 94.6 cm³/mol. The molecule has 0 aliphatic rings. The fraction of sp³-hybridized carbons (Fsp3) is 0.133. The molecule has 122 valence electrons. The van der Waals surface area contributed by atoms with Crippen molar-refractivity contribution >= 4 is 51.2 Å². The number of alkyl halides is 3. The van der Waals surface area contributed by atoms with E-state index in [9.17, 15) is 18.0 Å². The van der Waals surface area contributed by atoms with Crippen LogP contribution in [0.2, 0.25) is 0 Å². The van der Waals surface area contributed by atoms with Crippen LogP contribution in [0.1, 0.15) is 21.5 Å². The molecule has 0 radical (unpaired) electrons. The molecule has 2 rings (SSSR count). The maximum Gasteiger partial charge on any atom is 0.416 e. The third kappa shape index (κ3) is 4.49. The van der Waals surface area contributed by atoms with Gasteiger partial charge in [-0.05, 0) is 63.4 Å². The summed E-state index contributed by atoms with van der Waals surface area (Å²) in [5.41, 5.74) is -0.622. The number of benzene rings is 2. The zero-order chi connectivity index (χ0) is 17.2. The summed E-state index contributed by atoms with van der Waals surface area (Å²) in [6, 6.07) is 8.02. The summed E-state index contributed by atoms with van der Waals surface area (Å²) >= 11 is 3.79. The zero-order valence-electron chi connectivity index (χ0n) is 11.3. The van der Waals surface area contributed by atoms with Gasteiger partial charge in [0.25, 0.3) is 0 Å². The predicted octanol–water partition coefficient (Wildman–Crippen LogP) is 5.19. The van der Waals surface area contributed by atoms with Crippen molar-refractivity contribution in [2.45, 2.75) is 12.8 Å². The van der Waals surface area contributed by atoms with Crippen LogP contribution < -0.4 is 4.74 Å². The van der Waals surface area contributed by atoms with Crippen molar-refractivity contribution in [3.05, 3.63) is 60.2 Å². The van der Waals surface area contributed by atoms with Gasteiger partial charge in [-0.3, -0.25) is 0 Å². The normalized spacial score (nSPS) is 11.3. The van der Waals surface area contributed by atoms with Crippen molar-refractivity contribution in [3.8, 4) is 5.75 Å². The Bertz CT molecular complexity index is 722. The van der Waals surface area contributed by atoms with Gasteiger partial charge < -0.3 is 9.84 Å². The lowest BCUT2D eigenvalue weighted by atomic mass is 10.1. The van der Waals surface area contributed by atoms with Gasteiger partial charge in [-0.1, -0.05) is 18.2 Å². The molecule has 1 N–H and O–H groups in total. The number of hydrogen-bond donors (Lipinski definition) is 1. The first-order valence-electron chi connectivity index (χ1n) is 6.20. The van der Waals surface area contributed by atoms with Gasteiger partial charge in [0.15, 0.2) is 0 Å². The number of rotatable bonds is 4. The minimum absolute atomic E-state index is 0.0221. The molecule has 0 spiro atoms. The average Bonchev–Trinajstić information content (AvgIpc) is 2.45. The van der Waals surface area contributed by atoms with Crippen LogP contribution >= 0.6 is 45.2 Å². The van der Waals surface area contributed by atoms with Crippen molar-refractivity contribution in [2.24, 2.45) is 0 Å². The van der Waals surface area contributed by atoms with Crippen LogP contribution in [-0.2, 0) is 12.8 Å². The molecule has 0 unspecified atom stereocenters. The van der Waals surface area contributed by atoms with Gasteiger partial charge in [0, 0.05) is 5.56 Å². The Labute approximate surface area is 157 Å². The van der Waals surface area contributed by atoms with E-state index in [4.69, 9.17) is 9.84 Å². The highest BCUT2D eigenvalue weighted by molar-refractivity contribution is 14.1. The summed E-state index contributed by atoms with van der Waals surface area (Å²) in [5, 5.41) is 8.99. The number of carbonyl (C=O) groups is 1. The summed E-state index contributed by atoms with van der Waals surface area (Å²) in [7, 11) is 0. The second kappa shape index (κ2) is 7.24. The number of aromatic carboxylic acids is 1. The van der Waals surface area contributed by atoms with Gasteiger partial charge in [0.1, 0.15) is 12.4 Å². The monoisotopic (exact) mass is 548 g/mol. The van der Waals surface area contributed by atoms with Crippen molar-refractivity contribution in [2.75, 3.05) is 0 Å². The van der Waals surface area contributed by atoms with Crippen LogP contribution in [0.3, 0.4) is 0 Å². The maximum atomic E-state index is 13.0. The molecule has 0 atom stereocenters. The quantitative estimate of drug-likeness (QED) is 0.536. The molecular weight excluding hydrogens is 539 g/mol. The van der Waals surface area contributed by atoms with Gasteiger partial charge in [-0.2, -0.15) is 13.2 Å². The Kier molecular flexibility index (Phi) is 5.76. The number of ether oxygens (including phenoxy) is 1. The molecule has 3 nitrogen and oxygen atoms in total. The van der Waals surface area contributed by atoms with Gasteiger partial charge in [-0.15, -0.1) is 0 Å². The highest BCUT2D eigenvalue weighted by Crippen LogP contribution is 2.34. The van der Waals surface area contributed by atoms with Gasteiger partial charge in [-0.25, -0.2) is 4.79 Å². The lowest BCUT2D eigenvalue weighted by molar-refractivity contribution is -0.138. The van der Waals surface area contributed by atoms with E-state index in [0.29, 0.717) is 12.9 Å². The Morgan fingerprint density at radius 1 is 1.13 bits per heavy atom. The molecule has 0 heterocycles. The molecule has 23 heavy (non-hydrogen) atoms. The van der Waals surface area contributed by atoms with E-state index in [2.05, 4.69) is 0 Å². The summed E-state index contributed by atoms with van der Waals surface area (Å²) in [4.78, 5) is 11.0. The largest absolute Gasteiger partial charge is 0.487 e. The first-order valence-corrected chi connectivity index (χ1v) is 8.36. The molecular formula is C15H9F3I2O3. The fourth-order valence-electron chi connectivity index (χ4n) is 1.89. The third-order valence-corrected chi connectivity index (χ3v) is 4.54. The van der Waals surface area contributed by atoms with Crippen molar-refractivity contribution in [3.63, 3.8) is 0 Å². The van der Waals surface area contributed by atoms with Gasteiger partial charge in [0.05, 0.1) is 18.3 Å². The van der Waals surface area contributed by atoms with Gasteiger partial charge >= 0.3 is 12.1 Å². The summed E-state index contributed by atoms with van der Waals surface area (Å²) < 4.78 is 45.4. The minimum atomic E-state index is -4.45. The maximum absolute atomic E-state index is 13.0. The minimum Gasteiger partial charge on any atom is -0.487 e. The van der Waals surface area contributed by atoms with Crippen molar-refractivity contribution < 1.29 is 27.8 Å². The second-order valence-corrected chi connectivity index (χ2v) is 6.84. The molecule has 0 aliphatic heterocycles. The van der Waals surface area contributed by atoms with E-state index < -0.39 is 17.7 Å². The second-order valence-electron chi connectivity index (χ2n) is 4.52. The van der Waals surface area contributed by atoms with Crippen LogP contribution in [0.4, 0.5) is 13.2 Å². The van der Waals surface area contributed by atoms with E-state index in [1.165, 1.54) is 30.3 Å². The Hall–Kier alpha value is -1.04. The molecule has 0 amide bonds. The Morgan fingerprint density at radius 2 is 1.70 bits per heavy atom. The summed E-state index contributed by atoms with van der Waals surface area (Å²) in [6.45, 7) is -0.256. The lowest BCUT2D eigenvalue weighted by Crippen LogP contribution is -2.11. The van der Waals surface area contributed by atoms with E-state index in [1.54, 1.807) is 0 Å². The SMILES string of the molecule is O=C(O)c1cc(I)c(OCc2ccccc2C(F)(F)F)c(I)c1. The molecule has 0 bridgehead atoms. The number of halogens is 5. The highest BCUT2D eigenvalue weighted by atomic mass is 127. The molecule has 0 saturated heterocycles. The summed E-state index contributed by atoms with van der Waals surface area (Å²) in [6.07, 6.45) is -4.45. The van der Waals surface area contributed by atoms with Crippen LogP contribution in [0, 0.1) is 7.14 Å². The Morgan fingerprint density at radius 3 is 2.22 bits per heavy atom. The van der Waals surface area contributed by atoms with E-state index in [-0.39, 0.29) is 17.7 Å². The molecule has 8 heteroatoms. The van der Waals surface area contributed by atoms with Gasteiger partial charge in [0.2, 0.25) is 0 Å². The first kappa shape index (κ1) is 18.3. The molecule has 2 aromatic carbocycles. The van der Waals surface area contributed by atoms with Crippen LogP contribution in [0.15, 0.2) is 36.4 Å². The first-order chi connectivity index (χ1) is 10.7.